The lowest BCUT2D eigenvalue weighted by atomic mass is 10.1. The van der Waals surface area contributed by atoms with Crippen molar-refractivity contribution in [2.75, 3.05) is 40.9 Å². The summed E-state index contributed by atoms with van der Waals surface area (Å²) in [4.78, 5) is 23.3. The van der Waals surface area contributed by atoms with E-state index in [1.54, 1.807) is 6.08 Å². The molecule has 0 aliphatic rings. The third kappa shape index (κ3) is 59.8. The minimum Gasteiger partial charge on any atom is -0.387 e. The van der Waals surface area contributed by atoms with Gasteiger partial charge in [-0.3, -0.25) is 13.8 Å². The quantitative estimate of drug-likeness (QED) is 0.0243. The summed E-state index contributed by atoms with van der Waals surface area (Å²) in [6, 6.07) is -0.881. The second-order valence-electron chi connectivity index (χ2n) is 21.3. The van der Waals surface area contributed by atoms with Crippen molar-refractivity contribution in [3.05, 3.63) is 158 Å². The van der Waals surface area contributed by atoms with Crippen LogP contribution in [0.5, 0.6) is 0 Å². The van der Waals surface area contributed by atoms with Crippen LogP contribution in [-0.4, -0.2) is 73.4 Å². The molecule has 3 atom stereocenters. The summed E-state index contributed by atoms with van der Waals surface area (Å²) in [6.07, 6.45) is 90.7. The summed E-state index contributed by atoms with van der Waals surface area (Å²) in [7, 11) is 1.52. The first-order chi connectivity index (χ1) is 38.0. The third-order valence-electron chi connectivity index (χ3n) is 12.7. The number of carbonyl (C=O) groups is 1. The van der Waals surface area contributed by atoms with E-state index in [0.717, 1.165) is 122 Å². The van der Waals surface area contributed by atoms with Crippen molar-refractivity contribution in [3.63, 3.8) is 0 Å². The van der Waals surface area contributed by atoms with Crippen LogP contribution in [0.2, 0.25) is 0 Å². The molecule has 3 N–H and O–H groups in total. The van der Waals surface area contributed by atoms with E-state index in [2.05, 4.69) is 165 Å². The number of quaternary nitrogens is 1. The Bertz CT molecular complexity index is 1820. The van der Waals surface area contributed by atoms with Gasteiger partial charge in [0.1, 0.15) is 13.2 Å². The molecule has 9 heteroatoms. The topological polar surface area (TPSA) is 105 Å². The molecule has 1 amide bonds. The van der Waals surface area contributed by atoms with Crippen molar-refractivity contribution in [3.8, 4) is 0 Å². The zero-order valence-electron chi connectivity index (χ0n) is 50.3. The average Bonchev–Trinajstić information content (AvgIpc) is 3.41. The van der Waals surface area contributed by atoms with E-state index in [-0.39, 0.29) is 19.1 Å². The second kappa shape index (κ2) is 57.8. The van der Waals surface area contributed by atoms with Gasteiger partial charge in [-0.05, 0) is 116 Å². The Kier molecular flexibility index (Phi) is 54.9. The van der Waals surface area contributed by atoms with E-state index in [1.165, 1.54) is 77.0 Å². The minimum absolute atomic E-state index is 0.0458. The second-order valence-corrected chi connectivity index (χ2v) is 22.8. The Labute approximate surface area is 480 Å². The van der Waals surface area contributed by atoms with Crippen LogP contribution in [0.4, 0.5) is 0 Å². The lowest BCUT2D eigenvalue weighted by Crippen LogP contribution is -2.45. The van der Waals surface area contributed by atoms with Crippen LogP contribution in [0.15, 0.2) is 158 Å². The third-order valence-corrected chi connectivity index (χ3v) is 13.7. The molecule has 0 aromatic rings. The molecule has 3 unspecified atom stereocenters. The van der Waals surface area contributed by atoms with Gasteiger partial charge in [-0.2, -0.15) is 0 Å². The molecule has 0 aromatic heterocycles. The number of allylic oxidation sites excluding steroid dienone is 25. The van der Waals surface area contributed by atoms with Gasteiger partial charge < -0.3 is 19.8 Å². The van der Waals surface area contributed by atoms with Gasteiger partial charge in [0.25, 0.3) is 0 Å². The average molecular weight is 1100 g/mol. The van der Waals surface area contributed by atoms with E-state index < -0.39 is 20.0 Å². The van der Waals surface area contributed by atoms with Crippen molar-refractivity contribution in [2.24, 2.45) is 0 Å². The summed E-state index contributed by atoms with van der Waals surface area (Å²) in [5, 5.41) is 13.9. The van der Waals surface area contributed by atoms with Gasteiger partial charge in [0.2, 0.25) is 5.91 Å². The van der Waals surface area contributed by atoms with Crippen LogP contribution in [-0.2, 0) is 18.4 Å². The number of phosphoric ester groups is 1. The highest BCUT2D eigenvalue weighted by molar-refractivity contribution is 7.47. The highest BCUT2D eigenvalue weighted by Gasteiger charge is 2.27. The molecule has 442 valence electrons. The highest BCUT2D eigenvalue weighted by atomic mass is 31.2. The van der Waals surface area contributed by atoms with Crippen molar-refractivity contribution in [1.29, 1.82) is 0 Å². The molecule has 0 heterocycles. The predicted octanol–water partition coefficient (Wildman–Crippen LogP) is 19.4. The maximum atomic E-state index is 13.0. The largest absolute Gasteiger partial charge is 0.472 e. The van der Waals surface area contributed by atoms with Crippen molar-refractivity contribution < 1.29 is 32.9 Å². The van der Waals surface area contributed by atoms with Gasteiger partial charge in [-0.1, -0.05) is 255 Å². The molecule has 8 nitrogen and oxygen atoms in total. The number of phosphoric acid groups is 1. The Morgan fingerprint density at radius 2 is 0.782 bits per heavy atom. The monoisotopic (exact) mass is 1100 g/mol. The van der Waals surface area contributed by atoms with E-state index in [0.29, 0.717) is 17.4 Å². The van der Waals surface area contributed by atoms with Crippen molar-refractivity contribution in [1.82, 2.24) is 5.32 Å². The number of aliphatic hydroxyl groups excluding tert-OH is 1. The van der Waals surface area contributed by atoms with Crippen LogP contribution in [0, 0.1) is 0 Å². The number of likely N-dealkylation sites (N-methyl/N-ethyl adjacent to an activating group) is 1. The van der Waals surface area contributed by atoms with E-state index in [4.69, 9.17) is 9.05 Å². The van der Waals surface area contributed by atoms with Crippen LogP contribution in [0.1, 0.15) is 219 Å². The number of nitrogens with one attached hydrogen (secondary N) is 1. The maximum Gasteiger partial charge on any atom is 0.472 e. The number of nitrogens with zero attached hydrogens (tertiary/aromatic N) is 1. The molecule has 0 aliphatic carbocycles. The Hall–Kier alpha value is -3.88. The molecule has 0 saturated carbocycles. The first-order valence-corrected chi connectivity index (χ1v) is 32.4. The van der Waals surface area contributed by atoms with Crippen LogP contribution in [0.3, 0.4) is 0 Å². The van der Waals surface area contributed by atoms with Crippen molar-refractivity contribution >= 4 is 13.7 Å². The van der Waals surface area contributed by atoms with Gasteiger partial charge >= 0.3 is 7.82 Å². The summed E-state index contributed by atoms with van der Waals surface area (Å²) in [6.45, 7) is 4.65. The molecule has 0 bridgehead atoms. The van der Waals surface area contributed by atoms with Gasteiger partial charge in [0, 0.05) is 6.42 Å². The van der Waals surface area contributed by atoms with Gasteiger partial charge in [0.05, 0.1) is 39.9 Å². The lowest BCUT2D eigenvalue weighted by Gasteiger charge is -2.25. The molecular weight excluding hydrogens is 984 g/mol. The SMILES string of the molecule is CC/C=C\C/C=C\C/C=C\C/C=C\C/C=C\C/C=C\C/C=C\C/C=C\C/C=C\C/C=C\C/C=C\CCCCCCCCCC(=O)NC(COP(=O)(O)OCC[N+](C)(C)C)C(O)/C=C/CC/C=C/CCCCCCCCCCC. The fourth-order valence-electron chi connectivity index (χ4n) is 7.94. The van der Waals surface area contributed by atoms with E-state index in [1.807, 2.05) is 27.2 Å². The first kappa shape index (κ1) is 74.1. The van der Waals surface area contributed by atoms with Crippen molar-refractivity contribution in [2.45, 2.75) is 231 Å². The summed E-state index contributed by atoms with van der Waals surface area (Å²) < 4.78 is 23.7. The first-order valence-electron chi connectivity index (χ1n) is 30.9. The molecule has 0 saturated heterocycles. The van der Waals surface area contributed by atoms with Crippen LogP contribution >= 0.6 is 7.82 Å². The molecule has 0 aliphatic heterocycles. The van der Waals surface area contributed by atoms with Crippen LogP contribution < -0.4 is 5.32 Å². The summed E-state index contributed by atoms with van der Waals surface area (Å²) in [5.41, 5.74) is 0. The number of amides is 1. The van der Waals surface area contributed by atoms with Gasteiger partial charge in [-0.25, -0.2) is 4.57 Å². The predicted molar refractivity (Wildman–Crippen MR) is 340 cm³/mol. The molecule has 0 radical (unpaired) electrons. The van der Waals surface area contributed by atoms with E-state index >= 15 is 0 Å². The standard InChI is InChI=1S/C69H115N2O6P/c1-6-8-10-12-14-16-18-20-22-23-24-25-26-27-28-29-30-31-32-33-34-35-36-37-38-39-40-41-42-43-44-45-46-47-49-51-53-55-57-59-61-63-69(73)70-67(66-77-78(74,75)76-65-64-71(3,4)5)68(72)62-60-58-56-54-52-50-48-21-19-17-15-13-11-9-7-2/h8,10,14,16,20,22,24-25,27-28,30-31,33-34,36-37,39-40,42-43,45-46,52,54,60,62,67-68,72H,6-7,9,11-13,15,17-19,21,23,26,29,32,35,38,41,44,47-51,53,55-59,61,63-66H2,1-5H3,(H-,70,73,74,75)/p+1/b10-8-,16-14-,22-20-,25-24-,28-27-,31-30-,34-33-,37-36-,40-39-,43-42-,46-45-,54-52+,62-60+. The number of unbranched alkanes of at least 4 members (excludes halogenated alkanes) is 17. The Morgan fingerprint density at radius 3 is 1.18 bits per heavy atom. The molecule has 0 aromatic carbocycles. The lowest BCUT2D eigenvalue weighted by molar-refractivity contribution is -0.870. The number of aliphatic hydroxyl groups is 1. The minimum atomic E-state index is -4.37. The molecule has 0 rings (SSSR count). The number of carbonyl (C=O) groups excluding carboxylic acids is 1. The zero-order chi connectivity index (χ0) is 57.0. The van der Waals surface area contributed by atoms with E-state index in [9.17, 15) is 19.4 Å². The van der Waals surface area contributed by atoms with Gasteiger partial charge in [0.15, 0.2) is 0 Å². The molecular formula is C69H116N2O6P+. The summed E-state index contributed by atoms with van der Waals surface area (Å²) >= 11 is 0. The number of rotatable bonds is 54. The molecule has 0 fully saturated rings. The van der Waals surface area contributed by atoms with Crippen LogP contribution in [0.25, 0.3) is 0 Å². The zero-order valence-corrected chi connectivity index (χ0v) is 51.2. The fraction of sp³-hybridized carbons (Fsp3) is 0.609. The summed E-state index contributed by atoms with van der Waals surface area (Å²) in [5.74, 6) is -0.205. The normalized spacial score (nSPS) is 14.9. The molecule has 0 spiro atoms. The Balaban J connectivity index is 4.18. The highest BCUT2D eigenvalue weighted by Crippen LogP contribution is 2.43. The Morgan fingerprint density at radius 1 is 0.449 bits per heavy atom. The number of hydrogen-bond donors (Lipinski definition) is 3. The smallest absolute Gasteiger partial charge is 0.387 e. The molecule has 78 heavy (non-hydrogen) atoms. The number of hydrogen-bond acceptors (Lipinski definition) is 5. The fourth-order valence-corrected chi connectivity index (χ4v) is 8.68. The van der Waals surface area contributed by atoms with Gasteiger partial charge in [-0.15, -0.1) is 0 Å². The maximum absolute atomic E-state index is 13.0.